The number of hydrogen-bond donors (Lipinski definition) is 3. The molecule has 0 radical (unpaired) electrons. The first-order chi connectivity index (χ1) is 17.9. The van der Waals surface area contributed by atoms with E-state index in [4.69, 9.17) is 0 Å². The number of nitrogens with zero attached hydrogens (tertiary/aromatic N) is 7. The zero-order valence-electron chi connectivity index (χ0n) is 22.4. The molecule has 14 nitrogen and oxygen atoms in total. The van der Waals surface area contributed by atoms with Crippen molar-refractivity contribution < 1.29 is 28.2 Å². The van der Waals surface area contributed by atoms with E-state index in [0.29, 0.717) is 22.9 Å². The highest BCUT2D eigenvalue weighted by molar-refractivity contribution is 7.90. The Hall–Kier alpha value is -4.40. The van der Waals surface area contributed by atoms with E-state index in [2.05, 4.69) is 30.5 Å². The van der Waals surface area contributed by atoms with E-state index in [0.717, 1.165) is 23.2 Å². The van der Waals surface area contributed by atoms with Gasteiger partial charge < -0.3 is 10.2 Å². The molecule has 0 aliphatic rings. The Morgan fingerprint density at radius 2 is 1.67 bits per heavy atom. The summed E-state index contributed by atoms with van der Waals surface area (Å²) in [6, 6.07) is 3.36. The standard InChI is InChI=1S/C24H28N8O6S/c1-23(2,3)17-16(19-26-22(24(4,5)6)30-32(19)29-17)27-28-18-15(39(7,37)38)11-25-31(18)14-9-8-12(20(33)34)10-13(14)21(35)36/h8-11,29H,1-7H3,(H,33,34)(H,35,36). The highest BCUT2D eigenvalue weighted by atomic mass is 32.2. The molecule has 4 rings (SSSR count). The van der Waals surface area contributed by atoms with E-state index in [1.807, 2.05) is 41.5 Å². The van der Waals surface area contributed by atoms with Gasteiger partial charge in [0.1, 0.15) is 4.90 Å². The second kappa shape index (κ2) is 9.11. The van der Waals surface area contributed by atoms with Gasteiger partial charge in [-0.1, -0.05) is 41.5 Å². The number of fused-ring (bicyclic) bond motifs is 1. The highest BCUT2D eigenvalue weighted by Crippen LogP contribution is 2.37. The molecule has 0 amide bonds. The van der Waals surface area contributed by atoms with Crippen molar-refractivity contribution in [1.29, 1.82) is 0 Å². The summed E-state index contributed by atoms with van der Waals surface area (Å²) in [6.45, 7) is 11.7. The number of carboxylic acids is 2. The van der Waals surface area contributed by atoms with Crippen molar-refractivity contribution in [2.24, 2.45) is 10.2 Å². The third-order valence-electron chi connectivity index (χ3n) is 5.75. The minimum Gasteiger partial charge on any atom is -0.478 e. The van der Waals surface area contributed by atoms with Crippen LogP contribution in [0, 0.1) is 0 Å². The average molecular weight is 557 g/mol. The van der Waals surface area contributed by atoms with E-state index in [9.17, 15) is 28.2 Å². The number of aromatic amines is 1. The van der Waals surface area contributed by atoms with Crippen molar-refractivity contribution in [3.63, 3.8) is 0 Å². The van der Waals surface area contributed by atoms with Crippen LogP contribution in [0.3, 0.4) is 0 Å². The van der Waals surface area contributed by atoms with Gasteiger partial charge in [-0.3, -0.25) is 5.10 Å². The topological polar surface area (TPSA) is 197 Å². The Labute approximate surface area is 223 Å². The number of aromatic nitrogens is 6. The number of carbonyl (C=O) groups is 2. The van der Waals surface area contributed by atoms with Crippen molar-refractivity contribution in [2.75, 3.05) is 6.26 Å². The van der Waals surface area contributed by atoms with Crippen LogP contribution in [0.5, 0.6) is 0 Å². The maximum absolute atomic E-state index is 12.6. The van der Waals surface area contributed by atoms with E-state index in [1.165, 1.54) is 16.8 Å². The Morgan fingerprint density at radius 3 is 2.21 bits per heavy atom. The van der Waals surface area contributed by atoms with Crippen LogP contribution in [-0.4, -0.2) is 66.4 Å². The maximum Gasteiger partial charge on any atom is 0.337 e. The second-order valence-corrected chi connectivity index (χ2v) is 13.0. The summed E-state index contributed by atoms with van der Waals surface area (Å²) in [6.07, 6.45) is 1.99. The fourth-order valence-electron chi connectivity index (χ4n) is 3.73. The molecule has 0 atom stereocenters. The van der Waals surface area contributed by atoms with E-state index < -0.39 is 32.8 Å². The molecule has 0 fully saturated rings. The molecule has 39 heavy (non-hydrogen) atoms. The van der Waals surface area contributed by atoms with Crippen LogP contribution < -0.4 is 0 Å². The summed E-state index contributed by atoms with van der Waals surface area (Å²) < 4.78 is 27.7. The average Bonchev–Trinajstić information content (AvgIpc) is 3.49. The predicted molar refractivity (Wildman–Crippen MR) is 140 cm³/mol. The smallest absolute Gasteiger partial charge is 0.337 e. The van der Waals surface area contributed by atoms with Crippen LogP contribution >= 0.6 is 0 Å². The van der Waals surface area contributed by atoms with Crippen molar-refractivity contribution in [2.45, 2.75) is 57.3 Å². The molecule has 1 aromatic carbocycles. The molecule has 0 aliphatic heterocycles. The van der Waals surface area contributed by atoms with Crippen molar-refractivity contribution in [3.05, 3.63) is 47.0 Å². The van der Waals surface area contributed by atoms with Crippen LogP contribution in [0.1, 0.15) is 73.8 Å². The van der Waals surface area contributed by atoms with Crippen molar-refractivity contribution in [1.82, 2.24) is 29.6 Å². The lowest BCUT2D eigenvalue weighted by atomic mass is 9.91. The van der Waals surface area contributed by atoms with Crippen LogP contribution in [-0.2, 0) is 20.7 Å². The molecule has 0 bridgehead atoms. The van der Waals surface area contributed by atoms with Gasteiger partial charge in [-0.2, -0.15) is 9.73 Å². The van der Waals surface area contributed by atoms with Crippen LogP contribution in [0.2, 0.25) is 0 Å². The number of H-pyrrole nitrogens is 1. The van der Waals surface area contributed by atoms with Crippen LogP contribution in [0.25, 0.3) is 11.3 Å². The summed E-state index contributed by atoms with van der Waals surface area (Å²) in [4.78, 5) is 27.7. The molecular weight excluding hydrogens is 528 g/mol. The van der Waals surface area contributed by atoms with Crippen LogP contribution in [0.15, 0.2) is 39.5 Å². The van der Waals surface area contributed by atoms with Crippen molar-refractivity contribution in [3.8, 4) is 5.69 Å². The summed E-state index contributed by atoms with van der Waals surface area (Å²) in [7, 11) is -3.88. The molecule has 0 unspecified atom stereocenters. The number of rotatable bonds is 6. The Balaban J connectivity index is 1.98. The second-order valence-electron chi connectivity index (χ2n) is 11.1. The molecule has 3 N–H and O–H groups in total. The first-order valence-electron chi connectivity index (χ1n) is 11.7. The number of hydrogen-bond acceptors (Lipinski definition) is 9. The number of benzene rings is 1. The van der Waals surface area contributed by atoms with E-state index in [1.54, 1.807) is 0 Å². The van der Waals surface area contributed by atoms with Gasteiger partial charge in [-0.15, -0.1) is 15.3 Å². The maximum atomic E-state index is 12.6. The number of nitrogens with one attached hydrogen (secondary N) is 1. The van der Waals surface area contributed by atoms with Crippen molar-refractivity contribution >= 4 is 38.9 Å². The quantitative estimate of drug-likeness (QED) is 0.293. The first-order valence-corrected chi connectivity index (χ1v) is 13.6. The van der Waals surface area contributed by atoms with Gasteiger partial charge in [-0.25, -0.2) is 27.7 Å². The van der Waals surface area contributed by atoms with Crippen LogP contribution in [0.4, 0.5) is 11.5 Å². The Kier molecular flexibility index (Phi) is 6.46. The zero-order valence-corrected chi connectivity index (χ0v) is 23.2. The molecular formula is C24H28N8O6S. The summed E-state index contributed by atoms with van der Waals surface area (Å²) >= 11 is 0. The molecule has 4 aromatic rings. The number of sulfone groups is 1. The monoisotopic (exact) mass is 556 g/mol. The summed E-state index contributed by atoms with van der Waals surface area (Å²) in [5, 5.41) is 39.4. The molecule has 0 saturated heterocycles. The lowest BCUT2D eigenvalue weighted by molar-refractivity contribution is 0.0695. The van der Waals surface area contributed by atoms with E-state index in [-0.39, 0.29) is 27.4 Å². The first kappa shape index (κ1) is 27.6. The molecule has 15 heteroatoms. The molecule has 0 aliphatic carbocycles. The number of carboxylic acid groups (broad SMARTS) is 2. The van der Waals surface area contributed by atoms with Gasteiger partial charge in [0.2, 0.25) is 5.65 Å². The molecule has 0 spiro atoms. The lowest BCUT2D eigenvalue weighted by Gasteiger charge is -2.17. The fourth-order valence-corrected chi connectivity index (χ4v) is 4.43. The minimum atomic E-state index is -3.88. The minimum absolute atomic E-state index is 0.0934. The predicted octanol–water partition coefficient (Wildman–Crippen LogP) is 4.05. The third kappa shape index (κ3) is 5.16. The number of aromatic carboxylic acids is 2. The molecule has 0 saturated carbocycles. The van der Waals surface area contributed by atoms with Gasteiger partial charge in [0.25, 0.3) is 0 Å². The lowest BCUT2D eigenvalue weighted by Crippen LogP contribution is -2.15. The van der Waals surface area contributed by atoms with Gasteiger partial charge in [-0.05, 0) is 18.2 Å². The third-order valence-corrected chi connectivity index (χ3v) is 6.84. The molecule has 3 aromatic heterocycles. The number of azo groups is 1. The zero-order chi connectivity index (χ0) is 29.1. The summed E-state index contributed by atoms with van der Waals surface area (Å²) in [5.74, 6) is -2.47. The highest BCUT2D eigenvalue weighted by Gasteiger charge is 2.29. The summed E-state index contributed by atoms with van der Waals surface area (Å²) in [5.41, 5.74) is -0.269. The van der Waals surface area contributed by atoms with E-state index >= 15 is 0 Å². The van der Waals surface area contributed by atoms with Gasteiger partial charge in [0.05, 0.1) is 28.7 Å². The fraction of sp³-hybridized carbons (Fsp3) is 0.375. The van der Waals surface area contributed by atoms with Gasteiger partial charge >= 0.3 is 11.9 Å². The Bertz CT molecular complexity index is 1760. The normalized spacial score (nSPS) is 13.0. The SMILES string of the molecule is CC(C)(C)c1nc2c(N=Nc3c(S(C)(=O)=O)cnn3-c3ccc(C(=O)O)cc3C(=O)O)c(C(C)(C)C)[nH]n2n1. The molecule has 206 valence electrons. The van der Waals surface area contributed by atoms with Gasteiger partial charge in [0.15, 0.2) is 27.2 Å². The Morgan fingerprint density at radius 1 is 1.00 bits per heavy atom. The molecule has 3 heterocycles. The largest absolute Gasteiger partial charge is 0.478 e. The van der Waals surface area contributed by atoms with Gasteiger partial charge in [0, 0.05) is 17.1 Å².